The number of aromatic nitrogens is 1. The van der Waals surface area contributed by atoms with E-state index in [1.165, 1.54) is 6.07 Å². The van der Waals surface area contributed by atoms with Gasteiger partial charge in [-0.1, -0.05) is 30.0 Å². The quantitative estimate of drug-likeness (QED) is 0.279. The second-order valence-corrected chi connectivity index (χ2v) is 9.35. The topological polar surface area (TPSA) is 92.1 Å². The van der Waals surface area contributed by atoms with E-state index in [-0.39, 0.29) is 11.7 Å². The summed E-state index contributed by atoms with van der Waals surface area (Å²) in [7, 11) is 0. The number of rotatable bonds is 3. The second-order valence-electron chi connectivity index (χ2n) is 8.47. The lowest BCUT2D eigenvalue weighted by molar-refractivity contribution is 0.262. The lowest BCUT2D eigenvalue weighted by Gasteiger charge is -2.10. The van der Waals surface area contributed by atoms with Crippen molar-refractivity contribution in [1.29, 1.82) is 0 Å². The van der Waals surface area contributed by atoms with Gasteiger partial charge in [-0.05, 0) is 67.1 Å². The first-order valence-electron chi connectivity index (χ1n) is 11.3. The molecule has 0 radical (unpaired) electrons. The van der Waals surface area contributed by atoms with Crippen LogP contribution in [0.5, 0.6) is 0 Å². The number of hydrogen-bond donors (Lipinski definition) is 4. The fourth-order valence-electron chi connectivity index (χ4n) is 4.09. The highest BCUT2D eigenvalue weighted by Crippen LogP contribution is 2.38. The summed E-state index contributed by atoms with van der Waals surface area (Å²) in [6, 6.07) is 11.7. The number of carbonyl (C=O) groups excluding carboxylic acids is 1. The van der Waals surface area contributed by atoms with Crippen molar-refractivity contribution < 1.29 is 9.18 Å². The van der Waals surface area contributed by atoms with Crippen molar-refractivity contribution in [1.82, 2.24) is 10.3 Å². The molecule has 1 aliphatic rings. The Kier molecular flexibility index (Phi) is 6.36. The van der Waals surface area contributed by atoms with Crippen LogP contribution in [0, 0.1) is 24.6 Å². The Morgan fingerprint density at radius 3 is 2.83 bits per heavy atom. The van der Waals surface area contributed by atoms with Crippen LogP contribution < -0.4 is 21.7 Å². The highest BCUT2D eigenvalue weighted by Gasteiger charge is 2.15. The first kappa shape index (κ1) is 22.8. The van der Waals surface area contributed by atoms with Crippen LogP contribution in [-0.4, -0.2) is 23.6 Å². The molecule has 1 aliphatic heterocycles. The lowest BCUT2D eigenvalue weighted by Crippen LogP contribution is -2.20. The summed E-state index contributed by atoms with van der Waals surface area (Å²) < 4.78 is 14.9. The minimum atomic E-state index is -0.517. The normalized spacial score (nSPS) is 15.0. The fourth-order valence-corrected chi connectivity index (χ4v) is 5.15. The van der Waals surface area contributed by atoms with E-state index >= 15 is 0 Å². The summed E-state index contributed by atoms with van der Waals surface area (Å²) in [5.41, 5.74) is 10.6. The Balaban J connectivity index is 1.35. The number of nitrogens with two attached hydrogens (primary N) is 1. The molecule has 5 rings (SSSR count). The summed E-state index contributed by atoms with van der Waals surface area (Å²) >= 11 is 1.59. The molecule has 5 N–H and O–H groups in total. The Hall–Kier alpha value is -3.93. The summed E-state index contributed by atoms with van der Waals surface area (Å²) in [5, 5.41) is 11.6. The van der Waals surface area contributed by atoms with Gasteiger partial charge < -0.3 is 21.7 Å². The van der Waals surface area contributed by atoms with Crippen molar-refractivity contribution >= 4 is 44.6 Å². The average molecular weight is 486 g/mol. The number of carbonyl (C=O) groups is 1. The number of hydrogen-bond acceptors (Lipinski definition) is 5. The molecule has 35 heavy (non-hydrogen) atoms. The zero-order valence-electron chi connectivity index (χ0n) is 19.1. The van der Waals surface area contributed by atoms with Gasteiger partial charge in [-0.15, -0.1) is 11.3 Å². The number of amides is 2. The molecule has 0 bridgehead atoms. The molecular weight excluding hydrogens is 461 g/mol. The Morgan fingerprint density at radius 1 is 1.23 bits per heavy atom. The molecule has 0 spiro atoms. The van der Waals surface area contributed by atoms with Crippen LogP contribution in [0.15, 0.2) is 54.0 Å². The van der Waals surface area contributed by atoms with Gasteiger partial charge in [0.05, 0.1) is 22.0 Å². The number of nitrogens with zero attached hydrogens (tertiary/aromatic N) is 1. The van der Waals surface area contributed by atoms with Gasteiger partial charge in [0.25, 0.3) is 0 Å². The molecule has 6 nitrogen and oxygen atoms in total. The SMILES string of the molecule is Cc1ccc(F)c(NC(=O)Nc2ccc(-c3csc4c(C#CC5CCCN5)cnc(N)c34)cc2)c1. The molecule has 1 atom stereocenters. The maximum absolute atomic E-state index is 13.9. The van der Waals surface area contributed by atoms with E-state index in [0.717, 1.165) is 51.7 Å². The standard InChI is InChI=1S/C27H24FN5OS/c1-16-4-11-22(28)23(13-16)33-27(34)32-20-9-5-17(6-10-20)21-15-35-25-18(14-31-26(29)24(21)25)7-8-19-3-2-12-30-19/h4-6,9-11,13-15,19,30H,2-3,12H2,1H3,(H2,29,31)(H2,32,33,34). The molecule has 0 saturated carbocycles. The molecule has 176 valence electrons. The van der Waals surface area contributed by atoms with E-state index in [1.807, 2.05) is 19.1 Å². The van der Waals surface area contributed by atoms with Gasteiger partial charge in [-0.3, -0.25) is 0 Å². The Bertz CT molecular complexity index is 1460. The summed E-state index contributed by atoms with van der Waals surface area (Å²) in [6.45, 7) is 2.84. The van der Waals surface area contributed by atoms with Gasteiger partial charge in [0, 0.05) is 22.8 Å². The number of halogens is 1. The predicted octanol–water partition coefficient (Wildman–Crippen LogP) is 5.74. The molecular formula is C27H24FN5OS. The molecule has 1 fully saturated rings. The van der Waals surface area contributed by atoms with Crippen LogP contribution in [0.3, 0.4) is 0 Å². The third-order valence-corrected chi connectivity index (χ3v) is 6.90. The Labute approximate surface area is 206 Å². The van der Waals surface area contributed by atoms with Crippen molar-refractivity contribution in [3.63, 3.8) is 0 Å². The molecule has 1 unspecified atom stereocenters. The van der Waals surface area contributed by atoms with Crippen molar-refractivity contribution in [3.05, 3.63) is 71.0 Å². The number of nitrogens with one attached hydrogen (secondary N) is 3. The molecule has 8 heteroatoms. The third kappa shape index (κ3) is 4.97. The van der Waals surface area contributed by atoms with E-state index in [4.69, 9.17) is 5.73 Å². The zero-order valence-corrected chi connectivity index (χ0v) is 19.9. The van der Waals surface area contributed by atoms with E-state index in [0.29, 0.717) is 11.5 Å². The zero-order chi connectivity index (χ0) is 24.4. The van der Waals surface area contributed by atoms with Gasteiger partial charge in [-0.2, -0.15) is 0 Å². The van der Waals surface area contributed by atoms with Crippen LogP contribution >= 0.6 is 11.3 Å². The van der Waals surface area contributed by atoms with Gasteiger partial charge in [0.2, 0.25) is 0 Å². The van der Waals surface area contributed by atoms with Crippen LogP contribution in [0.2, 0.25) is 0 Å². The third-order valence-electron chi connectivity index (χ3n) is 5.89. The van der Waals surface area contributed by atoms with Gasteiger partial charge in [-0.25, -0.2) is 14.2 Å². The number of thiophene rings is 1. The second kappa shape index (κ2) is 9.74. The lowest BCUT2D eigenvalue weighted by atomic mass is 10.0. The molecule has 2 amide bonds. The smallest absolute Gasteiger partial charge is 0.323 e. The number of nitrogen functional groups attached to an aromatic ring is 1. The van der Waals surface area contributed by atoms with Crippen LogP contribution in [-0.2, 0) is 0 Å². The number of fused-ring (bicyclic) bond motifs is 1. The van der Waals surface area contributed by atoms with Crippen molar-refractivity contribution in [2.45, 2.75) is 25.8 Å². The average Bonchev–Trinajstić information content (AvgIpc) is 3.52. The van der Waals surface area contributed by atoms with Crippen LogP contribution in [0.1, 0.15) is 24.0 Å². The van der Waals surface area contributed by atoms with Gasteiger partial charge in [0.1, 0.15) is 11.6 Å². The molecule has 3 heterocycles. The molecule has 0 aliphatic carbocycles. The number of benzene rings is 2. The number of urea groups is 1. The van der Waals surface area contributed by atoms with E-state index < -0.39 is 11.8 Å². The molecule has 4 aromatic rings. The first-order valence-corrected chi connectivity index (χ1v) is 12.2. The highest BCUT2D eigenvalue weighted by atomic mass is 32.1. The number of pyridine rings is 1. The minimum absolute atomic E-state index is 0.134. The molecule has 1 saturated heterocycles. The van der Waals surface area contributed by atoms with E-state index in [1.54, 1.807) is 41.8 Å². The van der Waals surface area contributed by atoms with Crippen molar-refractivity contribution in [3.8, 4) is 23.0 Å². The van der Waals surface area contributed by atoms with Gasteiger partial charge >= 0.3 is 6.03 Å². The fraction of sp³-hybridized carbons (Fsp3) is 0.185. The summed E-state index contributed by atoms with van der Waals surface area (Å²) in [6.07, 6.45) is 3.95. The minimum Gasteiger partial charge on any atom is -0.383 e. The van der Waals surface area contributed by atoms with Crippen molar-refractivity contribution in [2.75, 3.05) is 22.9 Å². The summed E-state index contributed by atoms with van der Waals surface area (Å²) in [4.78, 5) is 16.7. The highest BCUT2D eigenvalue weighted by molar-refractivity contribution is 7.18. The van der Waals surface area contributed by atoms with Crippen LogP contribution in [0.25, 0.3) is 21.2 Å². The first-order chi connectivity index (χ1) is 17.0. The van der Waals surface area contributed by atoms with E-state index in [2.05, 4.69) is 38.2 Å². The molecule has 2 aromatic heterocycles. The molecule has 2 aromatic carbocycles. The maximum atomic E-state index is 13.9. The van der Waals surface area contributed by atoms with Gasteiger partial charge in [0.15, 0.2) is 0 Å². The van der Waals surface area contributed by atoms with E-state index in [9.17, 15) is 9.18 Å². The monoisotopic (exact) mass is 485 g/mol. The Morgan fingerprint density at radius 2 is 2.06 bits per heavy atom. The van der Waals surface area contributed by atoms with Crippen LogP contribution in [0.4, 0.5) is 26.4 Å². The predicted molar refractivity (Wildman–Crippen MR) is 141 cm³/mol. The number of anilines is 3. The number of aryl methyl sites for hydroxylation is 1. The maximum Gasteiger partial charge on any atom is 0.323 e. The largest absolute Gasteiger partial charge is 0.383 e. The summed E-state index contributed by atoms with van der Waals surface area (Å²) in [5.74, 6) is 6.56. The van der Waals surface area contributed by atoms with Crippen molar-refractivity contribution in [2.24, 2.45) is 0 Å².